The first-order chi connectivity index (χ1) is 10.3. The quantitative estimate of drug-likeness (QED) is 0.874. The van der Waals surface area contributed by atoms with Crippen LogP contribution in [0, 0.1) is 0 Å². The zero-order valence-electron chi connectivity index (χ0n) is 11.8. The highest BCUT2D eigenvalue weighted by Gasteiger charge is 2.23. The van der Waals surface area contributed by atoms with Crippen molar-refractivity contribution in [2.75, 3.05) is 13.1 Å². The number of thiophene rings is 1. The Morgan fingerprint density at radius 1 is 1.38 bits per heavy atom. The minimum Gasteiger partial charge on any atom is -0.419 e. The monoisotopic (exact) mass is 370 g/mol. The molecule has 0 aliphatic carbocycles. The predicted octanol–water partition coefficient (Wildman–Crippen LogP) is 3.26. The Balaban J connectivity index is 1.68. The molecule has 114 valence electrons. The summed E-state index contributed by atoms with van der Waals surface area (Å²) >= 11 is 5.05. The summed E-state index contributed by atoms with van der Waals surface area (Å²) in [7, 11) is 0. The van der Waals surface area contributed by atoms with Crippen LogP contribution in [0.25, 0.3) is 10.8 Å². The van der Waals surface area contributed by atoms with Crippen molar-refractivity contribution in [3.63, 3.8) is 0 Å². The van der Waals surface area contributed by atoms with Crippen LogP contribution < -0.4 is 5.73 Å². The van der Waals surface area contributed by atoms with E-state index in [2.05, 4.69) is 31.0 Å². The van der Waals surface area contributed by atoms with Gasteiger partial charge in [-0.1, -0.05) is 6.42 Å². The largest absolute Gasteiger partial charge is 0.419 e. The summed E-state index contributed by atoms with van der Waals surface area (Å²) < 4.78 is 6.87. The molecule has 2 aromatic rings. The van der Waals surface area contributed by atoms with Gasteiger partial charge in [-0.15, -0.1) is 21.5 Å². The van der Waals surface area contributed by atoms with E-state index in [0.29, 0.717) is 17.8 Å². The van der Waals surface area contributed by atoms with Crippen LogP contribution in [-0.2, 0) is 6.54 Å². The van der Waals surface area contributed by atoms with Crippen LogP contribution in [-0.4, -0.2) is 34.2 Å². The third kappa shape index (κ3) is 3.71. The Hall–Kier alpha value is -0.760. The molecule has 5 nitrogen and oxygen atoms in total. The second-order valence-corrected chi connectivity index (χ2v) is 7.77. The number of halogens is 1. The molecule has 0 aromatic carbocycles. The smallest absolute Gasteiger partial charge is 0.257 e. The number of hydrogen-bond acceptors (Lipinski definition) is 6. The number of nitrogens with zero attached hydrogens (tertiary/aromatic N) is 3. The molecule has 1 aliphatic rings. The highest BCUT2D eigenvalue weighted by Crippen LogP contribution is 2.30. The molecule has 21 heavy (non-hydrogen) atoms. The third-order valence-corrected chi connectivity index (χ3v) is 5.45. The minimum absolute atomic E-state index is 0.551. The number of rotatable bonds is 5. The van der Waals surface area contributed by atoms with Crippen molar-refractivity contribution in [3.8, 4) is 10.8 Å². The lowest BCUT2D eigenvalue weighted by molar-refractivity contribution is 0.122. The number of piperidine rings is 1. The maximum Gasteiger partial charge on any atom is 0.257 e. The molecule has 2 aromatic heterocycles. The standard InChI is InChI=1S/C14H19BrN4OS/c15-12-5-4-11(21-12)14-18-17-13(20-14)9-19-8-2-1-3-10(19)6-7-16/h4-5,10H,1-3,6-9,16H2. The van der Waals surface area contributed by atoms with Gasteiger partial charge in [-0.05, 0) is 60.4 Å². The summed E-state index contributed by atoms with van der Waals surface area (Å²) in [4.78, 5) is 3.43. The van der Waals surface area contributed by atoms with E-state index in [1.807, 2.05) is 12.1 Å². The second kappa shape index (κ2) is 7.00. The molecule has 1 fully saturated rings. The number of nitrogens with two attached hydrogens (primary N) is 1. The molecule has 0 radical (unpaired) electrons. The van der Waals surface area contributed by atoms with Crippen molar-refractivity contribution in [2.45, 2.75) is 38.3 Å². The first-order valence-corrected chi connectivity index (χ1v) is 8.89. The van der Waals surface area contributed by atoms with E-state index in [4.69, 9.17) is 10.2 Å². The van der Waals surface area contributed by atoms with Crippen molar-refractivity contribution in [2.24, 2.45) is 5.73 Å². The van der Waals surface area contributed by atoms with Crippen LogP contribution in [0.2, 0.25) is 0 Å². The molecular formula is C14H19BrN4OS. The highest BCUT2D eigenvalue weighted by atomic mass is 79.9. The molecule has 0 saturated carbocycles. The number of hydrogen-bond donors (Lipinski definition) is 1. The Morgan fingerprint density at radius 2 is 2.29 bits per heavy atom. The summed E-state index contributed by atoms with van der Waals surface area (Å²) in [5, 5.41) is 8.35. The van der Waals surface area contributed by atoms with E-state index in [0.717, 1.165) is 34.7 Å². The van der Waals surface area contributed by atoms with Crippen molar-refractivity contribution in [1.29, 1.82) is 0 Å². The normalized spacial score (nSPS) is 20.0. The van der Waals surface area contributed by atoms with Gasteiger partial charge in [0.1, 0.15) is 0 Å². The van der Waals surface area contributed by atoms with Crippen LogP contribution >= 0.6 is 27.3 Å². The second-order valence-electron chi connectivity index (χ2n) is 5.30. The third-order valence-electron chi connectivity index (χ3n) is 3.84. The van der Waals surface area contributed by atoms with Gasteiger partial charge in [0.05, 0.1) is 15.2 Å². The molecule has 1 saturated heterocycles. The number of aromatic nitrogens is 2. The average molecular weight is 371 g/mol. The van der Waals surface area contributed by atoms with Crippen LogP contribution in [0.4, 0.5) is 0 Å². The summed E-state index contributed by atoms with van der Waals surface area (Å²) in [5.41, 5.74) is 5.72. The molecular weight excluding hydrogens is 352 g/mol. The first-order valence-electron chi connectivity index (χ1n) is 7.28. The van der Waals surface area contributed by atoms with Gasteiger partial charge in [-0.25, -0.2) is 0 Å². The van der Waals surface area contributed by atoms with Crippen molar-refractivity contribution in [1.82, 2.24) is 15.1 Å². The summed E-state index contributed by atoms with van der Waals surface area (Å²) in [6.45, 7) is 2.55. The van der Waals surface area contributed by atoms with Gasteiger partial charge >= 0.3 is 0 Å². The molecule has 3 heterocycles. The van der Waals surface area contributed by atoms with Gasteiger partial charge in [0.15, 0.2) is 0 Å². The van der Waals surface area contributed by atoms with Crippen LogP contribution in [0.15, 0.2) is 20.3 Å². The van der Waals surface area contributed by atoms with E-state index in [1.54, 1.807) is 11.3 Å². The fourth-order valence-corrected chi connectivity index (χ4v) is 4.11. The van der Waals surface area contributed by atoms with Gasteiger partial charge in [-0.2, -0.15) is 0 Å². The fraction of sp³-hybridized carbons (Fsp3) is 0.571. The Kier molecular flexibility index (Phi) is 5.05. The summed E-state index contributed by atoms with van der Waals surface area (Å²) in [5.74, 6) is 1.30. The molecule has 0 spiro atoms. The molecule has 7 heteroatoms. The topological polar surface area (TPSA) is 68.2 Å². The van der Waals surface area contributed by atoms with Crippen LogP contribution in [0.1, 0.15) is 31.6 Å². The summed E-state index contributed by atoms with van der Waals surface area (Å²) in [6.07, 6.45) is 4.79. The van der Waals surface area contributed by atoms with Crippen molar-refractivity contribution in [3.05, 3.63) is 21.8 Å². The fourth-order valence-electron chi connectivity index (χ4n) is 2.81. The maximum atomic E-state index is 5.81. The van der Waals surface area contributed by atoms with E-state index in [1.165, 1.54) is 19.3 Å². The summed E-state index contributed by atoms with van der Waals surface area (Å²) in [6, 6.07) is 4.53. The van der Waals surface area contributed by atoms with Gasteiger partial charge in [0, 0.05) is 6.04 Å². The predicted molar refractivity (Wildman–Crippen MR) is 87.0 cm³/mol. The molecule has 0 amide bonds. The van der Waals surface area contributed by atoms with Crippen molar-refractivity contribution >= 4 is 27.3 Å². The lowest BCUT2D eigenvalue weighted by atomic mass is 9.99. The molecule has 2 N–H and O–H groups in total. The lowest BCUT2D eigenvalue weighted by Crippen LogP contribution is -2.40. The van der Waals surface area contributed by atoms with Gasteiger partial charge in [0.2, 0.25) is 5.89 Å². The van der Waals surface area contributed by atoms with Gasteiger partial charge in [-0.3, -0.25) is 4.90 Å². The number of likely N-dealkylation sites (tertiary alicyclic amines) is 1. The SMILES string of the molecule is NCCC1CCCCN1Cc1nnc(-c2ccc(Br)s2)o1. The highest BCUT2D eigenvalue weighted by molar-refractivity contribution is 9.11. The average Bonchev–Trinajstić information content (AvgIpc) is 3.10. The Labute approximate surface area is 136 Å². The van der Waals surface area contributed by atoms with Crippen LogP contribution in [0.3, 0.4) is 0 Å². The molecule has 0 bridgehead atoms. The Morgan fingerprint density at radius 3 is 3.05 bits per heavy atom. The minimum atomic E-state index is 0.551. The van der Waals surface area contributed by atoms with Crippen LogP contribution in [0.5, 0.6) is 0 Å². The zero-order chi connectivity index (χ0) is 14.7. The van der Waals surface area contributed by atoms with E-state index in [-0.39, 0.29) is 0 Å². The van der Waals surface area contributed by atoms with Crippen molar-refractivity contribution < 1.29 is 4.42 Å². The van der Waals surface area contributed by atoms with Gasteiger partial charge < -0.3 is 10.2 Å². The zero-order valence-corrected chi connectivity index (χ0v) is 14.2. The molecule has 3 rings (SSSR count). The maximum absolute atomic E-state index is 5.81. The van der Waals surface area contributed by atoms with E-state index >= 15 is 0 Å². The molecule has 1 unspecified atom stereocenters. The van der Waals surface area contributed by atoms with E-state index in [9.17, 15) is 0 Å². The first kappa shape index (κ1) is 15.1. The Bertz CT molecular complexity index is 583. The molecule has 1 aliphatic heterocycles. The molecule has 1 atom stereocenters. The van der Waals surface area contributed by atoms with Gasteiger partial charge in [0.25, 0.3) is 5.89 Å². The lowest BCUT2D eigenvalue weighted by Gasteiger charge is -2.34. The van der Waals surface area contributed by atoms with E-state index < -0.39 is 0 Å².